The van der Waals surface area contributed by atoms with E-state index in [4.69, 9.17) is 4.74 Å². The Kier molecular flexibility index (Phi) is 6.24. The summed E-state index contributed by atoms with van der Waals surface area (Å²) in [5.74, 6) is -0.702. The number of likely N-dealkylation sites (tertiary alicyclic amines) is 1. The molecule has 1 heterocycles. The molecule has 0 saturated carbocycles. The minimum Gasteiger partial charge on any atom is -0.481 e. The second kappa shape index (κ2) is 7.45. The van der Waals surface area contributed by atoms with Crippen LogP contribution in [0.25, 0.3) is 0 Å². The van der Waals surface area contributed by atoms with Gasteiger partial charge in [0.15, 0.2) is 0 Å². The Labute approximate surface area is 114 Å². The van der Waals surface area contributed by atoms with Crippen molar-refractivity contribution in [1.29, 1.82) is 0 Å². The molecule has 0 unspecified atom stereocenters. The number of amides is 1. The fraction of sp³-hybridized carbons (Fsp3) is 0.846. The van der Waals surface area contributed by atoms with Crippen molar-refractivity contribution in [3.8, 4) is 0 Å². The first kappa shape index (κ1) is 15.9. The molecule has 0 aliphatic carbocycles. The number of carboxylic acid groups (broad SMARTS) is 1. The smallest absolute Gasteiger partial charge is 0.309 e. The Hall–Kier alpha value is -1.14. The fourth-order valence-electron chi connectivity index (χ4n) is 2.38. The van der Waals surface area contributed by atoms with Gasteiger partial charge in [-0.15, -0.1) is 0 Å². The summed E-state index contributed by atoms with van der Waals surface area (Å²) in [6, 6.07) is 0. The van der Waals surface area contributed by atoms with Gasteiger partial charge >= 0.3 is 5.97 Å². The number of nitrogens with one attached hydrogen (secondary N) is 1. The van der Waals surface area contributed by atoms with E-state index in [0.29, 0.717) is 45.5 Å². The van der Waals surface area contributed by atoms with E-state index in [2.05, 4.69) is 5.32 Å². The highest BCUT2D eigenvalue weighted by Crippen LogP contribution is 2.35. The third-order valence-electron chi connectivity index (χ3n) is 3.96. The van der Waals surface area contributed by atoms with E-state index in [1.54, 1.807) is 12.0 Å². The highest BCUT2D eigenvalue weighted by molar-refractivity contribution is 5.79. The molecular weight excluding hydrogens is 248 g/mol. The maximum atomic E-state index is 11.9. The van der Waals surface area contributed by atoms with E-state index in [-0.39, 0.29) is 12.5 Å². The third-order valence-corrected chi connectivity index (χ3v) is 3.96. The van der Waals surface area contributed by atoms with Crippen molar-refractivity contribution in [2.75, 3.05) is 39.9 Å². The molecule has 0 spiro atoms. The topological polar surface area (TPSA) is 78.9 Å². The largest absolute Gasteiger partial charge is 0.481 e. The molecule has 1 saturated heterocycles. The van der Waals surface area contributed by atoms with Gasteiger partial charge in [0.2, 0.25) is 5.91 Å². The first-order valence-electron chi connectivity index (χ1n) is 6.76. The van der Waals surface area contributed by atoms with E-state index in [0.717, 1.165) is 0 Å². The summed E-state index contributed by atoms with van der Waals surface area (Å²) in [6.07, 6.45) is 1.71. The molecule has 0 aromatic carbocycles. The number of methoxy groups -OCH3 is 1. The lowest BCUT2D eigenvalue weighted by molar-refractivity contribution is -0.154. The van der Waals surface area contributed by atoms with Gasteiger partial charge in [0.05, 0.1) is 18.6 Å². The van der Waals surface area contributed by atoms with Crippen molar-refractivity contribution in [3.63, 3.8) is 0 Å². The summed E-state index contributed by atoms with van der Waals surface area (Å²) in [7, 11) is 1.62. The highest BCUT2D eigenvalue weighted by Gasteiger charge is 2.40. The number of aliphatic carboxylic acids is 1. The number of piperidine rings is 1. The van der Waals surface area contributed by atoms with Gasteiger partial charge < -0.3 is 20.1 Å². The van der Waals surface area contributed by atoms with Crippen LogP contribution in [0.3, 0.4) is 0 Å². The van der Waals surface area contributed by atoms with Crippen LogP contribution in [0.5, 0.6) is 0 Å². The first-order valence-corrected chi connectivity index (χ1v) is 6.76. The highest BCUT2D eigenvalue weighted by atomic mass is 16.5. The molecule has 19 heavy (non-hydrogen) atoms. The molecule has 1 aliphatic heterocycles. The van der Waals surface area contributed by atoms with Crippen LogP contribution in [0, 0.1) is 5.41 Å². The van der Waals surface area contributed by atoms with Crippen LogP contribution in [0.2, 0.25) is 0 Å². The Morgan fingerprint density at radius 3 is 2.47 bits per heavy atom. The molecule has 1 fully saturated rings. The summed E-state index contributed by atoms with van der Waals surface area (Å²) in [4.78, 5) is 25.0. The van der Waals surface area contributed by atoms with Gasteiger partial charge in [-0.3, -0.25) is 9.59 Å². The molecule has 6 nitrogen and oxygen atoms in total. The van der Waals surface area contributed by atoms with E-state index >= 15 is 0 Å². The quantitative estimate of drug-likeness (QED) is 0.653. The third kappa shape index (κ3) is 4.18. The Morgan fingerprint density at radius 2 is 2.00 bits per heavy atom. The van der Waals surface area contributed by atoms with Crippen LogP contribution in [-0.4, -0.2) is 61.8 Å². The maximum absolute atomic E-state index is 11.9. The van der Waals surface area contributed by atoms with Crippen molar-refractivity contribution < 1.29 is 19.4 Å². The lowest BCUT2D eigenvalue weighted by Gasteiger charge is -2.38. The van der Waals surface area contributed by atoms with Gasteiger partial charge in [-0.05, 0) is 19.3 Å². The number of carboxylic acids is 1. The number of rotatable bonds is 7. The van der Waals surface area contributed by atoms with Crippen molar-refractivity contribution in [1.82, 2.24) is 10.2 Å². The summed E-state index contributed by atoms with van der Waals surface area (Å²) >= 11 is 0. The SMILES string of the molecule is CCC1(C(=O)O)CCN(C(=O)CNCCOC)CC1. The Balaban J connectivity index is 2.36. The van der Waals surface area contributed by atoms with Gasteiger partial charge in [0.25, 0.3) is 0 Å². The molecular formula is C13H24N2O4. The van der Waals surface area contributed by atoms with Crippen LogP contribution in [0.4, 0.5) is 0 Å². The van der Waals surface area contributed by atoms with Gasteiger partial charge in [-0.2, -0.15) is 0 Å². The number of ether oxygens (including phenoxy) is 1. The van der Waals surface area contributed by atoms with E-state index < -0.39 is 11.4 Å². The number of carbonyl (C=O) groups excluding carboxylic acids is 1. The average Bonchev–Trinajstić information content (AvgIpc) is 2.43. The van der Waals surface area contributed by atoms with Gasteiger partial charge in [-0.25, -0.2) is 0 Å². The van der Waals surface area contributed by atoms with E-state index in [1.807, 2.05) is 6.92 Å². The minimum atomic E-state index is -0.736. The van der Waals surface area contributed by atoms with Crippen LogP contribution in [0.1, 0.15) is 26.2 Å². The second-order valence-electron chi connectivity index (χ2n) is 4.99. The number of carbonyl (C=O) groups is 2. The maximum Gasteiger partial charge on any atom is 0.309 e. The molecule has 1 aliphatic rings. The van der Waals surface area contributed by atoms with E-state index in [1.165, 1.54) is 0 Å². The predicted molar refractivity (Wildman–Crippen MR) is 70.9 cm³/mol. The Bertz CT molecular complexity index is 312. The van der Waals surface area contributed by atoms with Gasteiger partial charge in [-0.1, -0.05) is 6.92 Å². The normalized spacial score (nSPS) is 18.3. The van der Waals surface area contributed by atoms with Crippen molar-refractivity contribution in [3.05, 3.63) is 0 Å². The molecule has 6 heteroatoms. The lowest BCUT2D eigenvalue weighted by Crippen LogP contribution is -2.48. The monoisotopic (exact) mass is 272 g/mol. The number of nitrogens with zero attached hydrogens (tertiary/aromatic N) is 1. The molecule has 2 N–H and O–H groups in total. The molecule has 1 rings (SSSR count). The summed E-state index contributed by atoms with van der Waals surface area (Å²) < 4.78 is 4.88. The summed E-state index contributed by atoms with van der Waals surface area (Å²) in [5, 5.41) is 12.3. The number of hydrogen-bond acceptors (Lipinski definition) is 4. The molecule has 110 valence electrons. The molecule has 0 aromatic rings. The van der Waals surface area contributed by atoms with Crippen molar-refractivity contribution >= 4 is 11.9 Å². The van der Waals surface area contributed by atoms with Crippen LogP contribution >= 0.6 is 0 Å². The summed E-state index contributed by atoms with van der Waals surface area (Å²) in [5.41, 5.74) is -0.639. The zero-order valence-corrected chi connectivity index (χ0v) is 11.8. The van der Waals surface area contributed by atoms with Crippen LogP contribution in [-0.2, 0) is 14.3 Å². The van der Waals surface area contributed by atoms with Gasteiger partial charge in [0.1, 0.15) is 0 Å². The Morgan fingerprint density at radius 1 is 1.37 bits per heavy atom. The summed E-state index contributed by atoms with van der Waals surface area (Å²) in [6.45, 7) is 4.47. The first-order chi connectivity index (χ1) is 9.05. The molecule has 0 radical (unpaired) electrons. The molecule has 0 atom stereocenters. The van der Waals surface area contributed by atoms with Crippen LogP contribution < -0.4 is 5.32 Å². The molecule has 0 bridgehead atoms. The van der Waals surface area contributed by atoms with Crippen molar-refractivity contribution in [2.45, 2.75) is 26.2 Å². The van der Waals surface area contributed by atoms with Crippen LogP contribution in [0.15, 0.2) is 0 Å². The standard InChI is InChI=1S/C13H24N2O4/c1-3-13(12(17)18)4-7-15(8-5-13)11(16)10-14-6-9-19-2/h14H,3-10H2,1-2H3,(H,17,18). The average molecular weight is 272 g/mol. The predicted octanol–water partition coefficient (Wildman–Crippen LogP) is 0.326. The number of hydrogen-bond donors (Lipinski definition) is 2. The minimum absolute atomic E-state index is 0.0335. The fourth-order valence-corrected chi connectivity index (χ4v) is 2.38. The zero-order chi connectivity index (χ0) is 14.3. The second-order valence-corrected chi connectivity index (χ2v) is 4.99. The molecule has 1 amide bonds. The van der Waals surface area contributed by atoms with E-state index in [9.17, 15) is 14.7 Å². The zero-order valence-electron chi connectivity index (χ0n) is 11.8. The van der Waals surface area contributed by atoms with Crippen molar-refractivity contribution in [2.24, 2.45) is 5.41 Å². The lowest BCUT2D eigenvalue weighted by atomic mass is 9.76. The van der Waals surface area contributed by atoms with Gasteiger partial charge in [0, 0.05) is 26.7 Å². The molecule has 0 aromatic heterocycles.